The highest BCUT2D eigenvalue weighted by Crippen LogP contribution is 2.22. The fraction of sp³-hybridized carbons (Fsp3) is 0.200. The maximum absolute atomic E-state index is 12.8. The number of amides is 1. The van der Waals surface area contributed by atoms with Crippen molar-refractivity contribution in [1.82, 2.24) is 4.98 Å². The minimum absolute atomic E-state index is 0.415. The molecule has 0 aliphatic heterocycles. The Bertz CT molecular complexity index is 924. The zero-order valence-electron chi connectivity index (χ0n) is 14.1. The van der Waals surface area contributed by atoms with Crippen LogP contribution in [0.3, 0.4) is 0 Å². The summed E-state index contributed by atoms with van der Waals surface area (Å²) in [7, 11) is 0. The molecular weight excluding hydrogens is 300 g/mol. The minimum atomic E-state index is -0.509. The van der Waals surface area contributed by atoms with E-state index in [1.807, 2.05) is 63.2 Å². The van der Waals surface area contributed by atoms with Gasteiger partial charge in [-0.3, -0.25) is 9.59 Å². The fourth-order valence-electron chi connectivity index (χ4n) is 2.83. The smallest absolute Gasteiger partial charge is 0.299 e. The Labute approximate surface area is 141 Å². The first-order valence-electron chi connectivity index (χ1n) is 8.02. The summed E-state index contributed by atoms with van der Waals surface area (Å²) in [5.41, 5.74) is 4.27. The van der Waals surface area contributed by atoms with Crippen LogP contribution in [0.2, 0.25) is 0 Å². The van der Waals surface area contributed by atoms with Crippen molar-refractivity contribution in [3.63, 3.8) is 0 Å². The summed E-state index contributed by atoms with van der Waals surface area (Å²) in [6.45, 7) is 6.33. The van der Waals surface area contributed by atoms with Crippen molar-refractivity contribution in [2.45, 2.75) is 20.8 Å². The minimum Gasteiger partial charge on any atom is -0.360 e. The summed E-state index contributed by atoms with van der Waals surface area (Å²) >= 11 is 0. The Hall–Kier alpha value is -2.88. The quantitative estimate of drug-likeness (QED) is 0.583. The van der Waals surface area contributed by atoms with Crippen molar-refractivity contribution in [2.24, 2.45) is 0 Å². The lowest BCUT2D eigenvalue weighted by Crippen LogP contribution is -2.36. The molecule has 0 radical (unpaired) electrons. The van der Waals surface area contributed by atoms with Gasteiger partial charge in [-0.15, -0.1) is 0 Å². The first-order chi connectivity index (χ1) is 11.5. The van der Waals surface area contributed by atoms with E-state index in [0.717, 1.165) is 27.7 Å². The van der Waals surface area contributed by atoms with Crippen LogP contribution in [-0.4, -0.2) is 23.2 Å². The van der Waals surface area contributed by atoms with E-state index in [-0.39, 0.29) is 0 Å². The van der Waals surface area contributed by atoms with Gasteiger partial charge in [-0.1, -0.05) is 24.3 Å². The van der Waals surface area contributed by atoms with Crippen molar-refractivity contribution in [3.05, 3.63) is 65.4 Å². The van der Waals surface area contributed by atoms with E-state index in [1.165, 1.54) is 4.90 Å². The highest BCUT2D eigenvalue weighted by molar-refractivity contribution is 6.48. The molecule has 3 rings (SSSR count). The fourth-order valence-corrected chi connectivity index (χ4v) is 2.83. The largest absolute Gasteiger partial charge is 0.360 e. The average molecular weight is 320 g/mol. The maximum atomic E-state index is 12.8. The van der Waals surface area contributed by atoms with Gasteiger partial charge in [0.15, 0.2) is 0 Å². The van der Waals surface area contributed by atoms with E-state index in [1.54, 1.807) is 6.20 Å². The summed E-state index contributed by atoms with van der Waals surface area (Å²) in [6.07, 6.45) is 1.61. The second-order valence-electron chi connectivity index (χ2n) is 5.90. The van der Waals surface area contributed by atoms with Gasteiger partial charge in [0.05, 0.1) is 5.56 Å². The average Bonchev–Trinajstić information content (AvgIpc) is 3.02. The number of likely N-dealkylation sites (N-methyl/N-ethyl adjacent to an activating group) is 1. The number of aromatic amines is 1. The van der Waals surface area contributed by atoms with E-state index in [0.29, 0.717) is 12.1 Å². The molecule has 0 spiro atoms. The van der Waals surface area contributed by atoms with Crippen LogP contribution in [0.4, 0.5) is 5.69 Å². The third-order valence-corrected chi connectivity index (χ3v) is 4.39. The molecule has 1 N–H and O–H groups in total. The summed E-state index contributed by atoms with van der Waals surface area (Å²) in [5, 5.41) is 0.770. The Balaban J connectivity index is 1.96. The normalized spacial score (nSPS) is 10.8. The van der Waals surface area contributed by atoms with E-state index in [4.69, 9.17) is 0 Å². The second kappa shape index (κ2) is 6.32. The van der Waals surface area contributed by atoms with Gasteiger partial charge in [-0.2, -0.15) is 0 Å². The number of hydrogen-bond acceptors (Lipinski definition) is 2. The number of carbonyl (C=O) groups excluding carboxylic acids is 2. The number of carbonyl (C=O) groups is 2. The standard InChI is InChI=1S/C20H20N2O2/c1-4-22(15-10-9-13(2)14(3)11-15)20(24)19(23)17-12-21-18-8-6-5-7-16(17)18/h5-12,21H,4H2,1-3H3. The van der Waals surface area contributed by atoms with Gasteiger partial charge in [0, 0.05) is 29.3 Å². The summed E-state index contributed by atoms with van der Waals surface area (Å²) < 4.78 is 0. The number of H-pyrrole nitrogens is 1. The number of Topliss-reactive ketones (excluding diaryl/α,β-unsaturated/α-hetero) is 1. The predicted octanol–water partition coefficient (Wildman–Crippen LogP) is 4.02. The van der Waals surface area contributed by atoms with E-state index in [9.17, 15) is 9.59 Å². The zero-order valence-corrected chi connectivity index (χ0v) is 14.1. The van der Waals surface area contributed by atoms with Crippen molar-refractivity contribution in [2.75, 3.05) is 11.4 Å². The molecule has 0 saturated heterocycles. The first kappa shape index (κ1) is 16.0. The van der Waals surface area contributed by atoms with Crippen LogP contribution < -0.4 is 4.90 Å². The number of nitrogens with zero attached hydrogens (tertiary/aromatic N) is 1. The number of aromatic nitrogens is 1. The van der Waals surface area contributed by atoms with Crippen LogP contribution in [-0.2, 0) is 4.79 Å². The number of aryl methyl sites for hydroxylation is 2. The van der Waals surface area contributed by atoms with Gasteiger partial charge >= 0.3 is 0 Å². The molecule has 0 bridgehead atoms. The maximum Gasteiger partial charge on any atom is 0.299 e. The molecule has 0 fully saturated rings. The Morgan fingerprint density at radius 1 is 1.04 bits per heavy atom. The molecule has 1 amide bonds. The predicted molar refractivity (Wildman–Crippen MR) is 96.6 cm³/mol. The molecular formula is C20H20N2O2. The zero-order chi connectivity index (χ0) is 17.3. The molecule has 0 aliphatic rings. The molecule has 0 unspecified atom stereocenters. The van der Waals surface area contributed by atoms with Crippen LogP contribution in [0.5, 0.6) is 0 Å². The number of ketones is 1. The summed E-state index contributed by atoms with van der Waals surface area (Å²) in [5.74, 6) is -1.00. The summed E-state index contributed by atoms with van der Waals surface area (Å²) in [6, 6.07) is 13.3. The lowest BCUT2D eigenvalue weighted by atomic mass is 10.1. The second-order valence-corrected chi connectivity index (χ2v) is 5.90. The molecule has 3 aromatic rings. The van der Waals surface area contributed by atoms with Gasteiger partial charge < -0.3 is 9.88 Å². The molecule has 0 atom stereocenters. The Morgan fingerprint density at radius 3 is 2.50 bits per heavy atom. The third kappa shape index (κ3) is 2.71. The van der Waals surface area contributed by atoms with Crippen LogP contribution >= 0.6 is 0 Å². The van der Waals surface area contributed by atoms with Crippen LogP contribution in [0.15, 0.2) is 48.7 Å². The number of hydrogen-bond donors (Lipinski definition) is 1. The molecule has 0 saturated carbocycles. The lowest BCUT2D eigenvalue weighted by Gasteiger charge is -2.21. The van der Waals surface area contributed by atoms with Crippen LogP contribution in [0.1, 0.15) is 28.4 Å². The van der Waals surface area contributed by atoms with Crippen molar-refractivity contribution in [3.8, 4) is 0 Å². The monoisotopic (exact) mass is 320 g/mol. The van der Waals surface area contributed by atoms with E-state index >= 15 is 0 Å². The molecule has 1 aromatic heterocycles. The Kier molecular flexibility index (Phi) is 4.21. The SMILES string of the molecule is CCN(C(=O)C(=O)c1c[nH]c2ccccc12)c1ccc(C)c(C)c1. The number of fused-ring (bicyclic) bond motifs is 1. The Morgan fingerprint density at radius 2 is 1.79 bits per heavy atom. The van der Waals surface area contributed by atoms with Crippen LogP contribution in [0.25, 0.3) is 10.9 Å². The topological polar surface area (TPSA) is 53.2 Å². The van der Waals surface area contributed by atoms with Crippen molar-refractivity contribution in [1.29, 1.82) is 0 Å². The molecule has 4 heteroatoms. The summed E-state index contributed by atoms with van der Waals surface area (Å²) in [4.78, 5) is 30.1. The van der Waals surface area contributed by atoms with E-state index < -0.39 is 11.7 Å². The van der Waals surface area contributed by atoms with Gasteiger partial charge in [0.2, 0.25) is 0 Å². The molecule has 0 aliphatic carbocycles. The first-order valence-corrected chi connectivity index (χ1v) is 8.02. The molecule has 1 heterocycles. The molecule has 4 nitrogen and oxygen atoms in total. The molecule has 122 valence electrons. The number of anilines is 1. The number of para-hydroxylation sites is 1. The van der Waals surface area contributed by atoms with Gasteiger partial charge in [-0.25, -0.2) is 0 Å². The van der Waals surface area contributed by atoms with Gasteiger partial charge in [0.1, 0.15) is 0 Å². The van der Waals surface area contributed by atoms with E-state index in [2.05, 4.69) is 4.98 Å². The van der Waals surface area contributed by atoms with Crippen molar-refractivity contribution >= 4 is 28.3 Å². The third-order valence-electron chi connectivity index (χ3n) is 4.39. The number of rotatable bonds is 4. The van der Waals surface area contributed by atoms with Gasteiger partial charge in [-0.05, 0) is 50.1 Å². The number of benzene rings is 2. The van der Waals surface area contributed by atoms with Gasteiger partial charge in [0.25, 0.3) is 11.7 Å². The number of nitrogens with one attached hydrogen (secondary N) is 1. The molecule has 2 aromatic carbocycles. The molecule has 24 heavy (non-hydrogen) atoms. The van der Waals surface area contributed by atoms with Crippen molar-refractivity contribution < 1.29 is 9.59 Å². The van der Waals surface area contributed by atoms with Crippen LogP contribution in [0, 0.1) is 13.8 Å². The highest BCUT2D eigenvalue weighted by Gasteiger charge is 2.25. The highest BCUT2D eigenvalue weighted by atomic mass is 16.2. The lowest BCUT2D eigenvalue weighted by molar-refractivity contribution is -0.114.